The summed E-state index contributed by atoms with van der Waals surface area (Å²) in [6.07, 6.45) is 0. The minimum absolute atomic E-state index is 0.117. The number of rotatable bonds is 3. The topological polar surface area (TPSA) is 53.6 Å². The van der Waals surface area contributed by atoms with Crippen molar-refractivity contribution in [2.45, 2.75) is 13.8 Å². The molecule has 1 aliphatic rings. The molecule has 0 atom stereocenters. The molecule has 120 valence electrons. The van der Waals surface area contributed by atoms with Crippen LogP contribution in [0.4, 0.5) is 11.4 Å². The lowest BCUT2D eigenvalue weighted by molar-refractivity contribution is -0.122. The highest BCUT2D eigenvalue weighted by Gasteiger charge is 2.15. The van der Waals surface area contributed by atoms with E-state index in [0.717, 1.165) is 24.5 Å². The first kappa shape index (κ1) is 17.0. The maximum Gasteiger partial charge on any atom is 0.228 e. The molecule has 1 aromatic carbocycles. The zero-order valence-corrected chi connectivity index (χ0v) is 14.3. The van der Waals surface area contributed by atoms with Gasteiger partial charge in [-0.2, -0.15) is 0 Å². The van der Waals surface area contributed by atoms with Gasteiger partial charge in [-0.1, -0.05) is 25.4 Å². The molecule has 1 amide bonds. The van der Waals surface area contributed by atoms with Gasteiger partial charge < -0.3 is 20.3 Å². The monoisotopic (exact) mass is 341 g/mol. The first-order valence-corrected chi connectivity index (χ1v) is 8.00. The third-order valence-corrected chi connectivity index (χ3v) is 3.83. The van der Waals surface area contributed by atoms with Crippen molar-refractivity contribution in [3.63, 3.8) is 0 Å². The lowest BCUT2D eigenvalue weighted by Crippen LogP contribution is -2.37. The van der Waals surface area contributed by atoms with Crippen molar-refractivity contribution in [2.24, 2.45) is 5.92 Å². The minimum atomic E-state index is -0.118. The number of halogens is 1. The van der Waals surface area contributed by atoms with Gasteiger partial charge in [-0.15, -0.1) is 0 Å². The Balaban J connectivity index is 1.99. The number of ether oxygens (including phenoxy) is 1. The van der Waals surface area contributed by atoms with Crippen LogP contribution < -0.4 is 15.5 Å². The zero-order chi connectivity index (χ0) is 16.1. The van der Waals surface area contributed by atoms with E-state index in [0.29, 0.717) is 18.2 Å². The van der Waals surface area contributed by atoms with Crippen LogP contribution in [0.5, 0.6) is 0 Å². The van der Waals surface area contributed by atoms with Gasteiger partial charge in [-0.05, 0) is 30.4 Å². The fourth-order valence-electron chi connectivity index (χ4n) is 2.06. The van der Waals surface area contributed by atoms with Crippen molar-refractivity contribution >= 4 is 46.2 Å². The third-order valence-electron chi connectivity index (χ3n) is 3.32. The van der Waals surface area contributed by atoms with Crippen LogP contribution in [0.15, 0.2) is 18.2 Å². The first-order valence-electron chi connectivity index (χ1n) is 7.21. The number of nitrogens with one attached hydrogen (secondary N) is 2. The summed E-state index contributed by atoms with van der Waals surface area (Å²) in [5.41, 5.74) is 1.73. The van der Waals surface area contributed by atoms with Gasteiger partial charge in [-0.25, -0.2) is 0 Å². The number of carbonyl (C=O) groups is 1. The lowest BCUT2D eigenvalue weighted by Gasteiger charge is -2.29. The number of morpholine rings is 1. The van der Waals surface area contributed by atoms with E-state index in [1.807, 2.05) is 26.0 Å². The van der Waals surface area contributed by atoms with Crippen molar-refractivity contribution in [1.82, 2.24) is 5.32 Å². The van der Waals surface area contributed by atoms with E-state index in [9.17, 15) is 4.79 Å². The van der Waals surface area contributed by atoms with Crippen LogP contribution in [0.25, 0.3) is 0 Å². The molecule has 22 heavy (non-hydrogen) atoms. The van der Waals surface area contributed by atoms with E-state index in [4.69, 9.17) is 28.6 Å². The second-order valence-electron chi connectivity index (χ2n) is 5.36. The summed E-state index contributed by atoms with van der Waals surface area (Å²) in [7, 11) is 0. The Kier molecular flexibility index (Phi) is 5.99. The highest BCUT2D eigenvalue weighted by molar-refractivity contribution is 7.80. The first-order chi connectivity index (χ1) is 10.5. The molecule has 0 spiro atoms. The van der Waals surface area contributed by atoms with Gasteiger partial charge in [0.05, 0.1) is 23.9 Å². The van der Waals surface area contributed by atoms with Gasteiger partial charge in [0.25, 0.3) is 0 Å². The number of amides is 1. The molecule has 0 aliphatic carbocycles. The van der Waals surface area contributed by atoms with Gasteiger partial charge in [-0.3, -0.25) is 4.79 Å². The average Bonchev–Trinajstić information content (AvgIpc) is 2.48. The molecule has 0 aromatic heterocycles. The van der Waals surface area contributed by atoms with Crippen molar-refractivity contribution in [1.29, 1.82) is 0 Å². The Labute approximate surface area is 141 Å². The molecule has 2 N–H and O–H groups in total. The van der Waals surface area contributed by atoms with Gasteiger partial charge >= 0.3 is 0 Å². The number of carbonyl (C=O) groups excluding carboxylic acids is 1. The second kappa shape index (κ2) is 7.76. The van der Waals surface area contributed by atoms with Crippen molar-refractivity contribution in [3.8, 4) is 0 Å². The maximum absolute atomic E-state index is 11.6. The summed E-state index contributed by atoms with van der Waals surface area (Å²) >= 11 is 11.5. The van der Waals surface area contributed by atoms with Gasteiger partial charge in [0.1, 0.15) is 0 Å². The van der Waals surface area contributed by atoms with Crippen LogP contribution in [-0.2, 0) is 9.53 Å². The number of hydrogen-bond acceptors (Lipinski definition) is 4. The van der Waals surface area contributed by atoms with Crippen LogP contribution in [0.3, 0.4) is 0 Å². The van der Waals surface area contributed by atoms with E-state index >= 15 is 0 Å². The molecule has 1 aliphatic heterocycles. The average molecular weight is 342 g/mol. The maximum atomic E-state index is 11.6. The summed E-state index contributed by atoms with van der Waals surface area (Å²) in [6, 6.07) is 5.65. The van der Waals surface area contributed by atoms with Crippen LogP contribution >= 0.6 is 23.8 Å². The molecule has 7 heteroatoms. The largest absolute Gasteiger partial charge is 0.378 e. The zero-order valence-electron chi connectivity index (χ0n) is 12.7. The van der Waals surface area contributed by atoms with Crippen LogP contribution in [-0.4, -0.2) is 37.3 Å². The standard InChI is InChI=1S/C15H20ClN3O2S/c1-10(2)14(20)18-15(22)17-11-3-4-13(12(16)9-11)19-5-7-21-8-6-19/h3-4,9-10H,5-8H2,1-2H3,(H2,17,18,20,22). The summed E-state index contributed by atoms with van der Waals surface area (Å²) < 4.78 is 5.34. The quantitative estimate of drug-likeness (QED) is 0.828. The lowest BCUT2D eigenvalue weighted by atomic mass is 10.2. The number of thiocarbonyl (C=S) groups is 1. The molecule has 1 heterocycles. The summed E-state index contributed by atoms with van der Waals surface area (Å²) in [4.78, 5) is 13.8. The van der Waals surface area contributed by atoms with E-state index in [1.54, 1.807) is 6.07 Å². The minimum Gasteiger partial charge on any atom is -0.378 e. The molecule has 1 saturated heterocycles. The normalized spacial score (nSPS) is 14.8. The second-order valence-corrected chi connectivity index (χ2v) is 6.18. The van der Waals surface area contributed by atoms with Crippen molar-refractivity contribution in [3.05, 3.63) is 23.2 Å². The molecule has 0 unspecified atom stereocenters. The number of anilines is 2. The highest BCUT2D eigenvalue weighted by Crippen LogP contribution is 2.29. The fraction of sp³-hybridized carbons (Fsp3) is 0.467. The SMILES string of the molecule is CC(C)C(=O)NC(=S)Nc1ccc(N2CCOCC2)c(Cl)c1. The Hall–Kier alpha value is -1.37. The molecular formula is C15H20ClN3O2S. The van der Waals surface area contributed by atoms with Gasteiger partial charge in [0.15, 0.2) is 5.11 Å². The fourth-order valence-corrected chi connectivity index (χ4v) is 2.58. The Morgan fingerprint density at radius 2 is 2.05 bits per heavy atom. The molecule has 1 fully saturated rings. The van der Waals surface area contributed by atoms with E-state index in [-0.39, 0.29) is 16.9 Å². The van der Waals surface area contributed by atoms with Gasteiger partial charge in [0.2, 0.25) is 5.91 Å². The molecule has 2 rings (SSSR count). The summed E-state index contributed by atoms with van der Waals surface area (Å²) in [5.74, 6) is -0.236. The van der Waals surface area contributed by atoms with Crippen LogP contribution in [0.2, 0.25) is 5.02 Å². The smallest absolute Gasteiger partial charge is 0.228 e. The Morgan fingerprint density at radius 1 is 1.36 bits per heavy atom. The molecule has 0 radical (unpaired) electrons. The third kappa shape index (κ3) is 4.56. The molecule has 1 aromatic rings. The van der Waals surface area contributed by atoms with Crippen molar-refractivity contribution < 1.29 is 9.53 Å². The molecular weight excluding hydrogens is 322 g/mol. The predicted octanol–water partition coefficient (Wildman–Crippen LogP) is 2.65. The van der Waals surface area contributed by atoms with E-state index in [2.05, 4.69) is 15.5 Å². The molecule has 5 nitrogen and oxygen atoms in total. The van der Waals surface area contributed by atoms with Crippen LogP contribution in [0, 0.1) is 5.92 Å². The highest BCUT2D eigenvalue weighted by atomic mass is 35.5. The molecule has 0 bridgehead atoms. The number of benzene rings is 1. The van der Waals surface area contributed by atoms with E-state index in [1.165, 1.54) is 0 Å². The summed E-state index contributed by atoms with van der Waals surface area (Å²) in [6.45, 7) is 6.70. The van der Waals surface area contributed by atoms with Crippen LogP contribution in [0.1, 0.15) is 13.8 Å². The molecule has 0 saturated carbocycles. The van der Waals surface area contributed by atoms with Crippen molar-refractivity contribution in [2.75, 3.05) is 36.5 Å². The number of hydrogen-bond donors (Lipinski definition) is 2. The van der Waals surface area contributed by atoms with E-state index < -0.39 is 0 Å². The Bertz CT molecular complexity index is 560. The van der Waals surface area contributed by atoms with Gasteiger partial charge in [0, 0.05) is 24.7 Å². The summed E-state index contributed by atoms with van der Waals surface area (Å²) in [5, 5.41) is 6.52. The Morgan fingerprint density at radius 3 is 2.64 bits per heavy atom. The predicted molar refractivity (Wildman–Crippen MR) is 93.7 cm³/mol. The number of nitrogens with zero attached hydrogens (tertiary/aromatic N) is 1.